The van der Waals surface area contributed by atoms with E-state index in [0.717, 1.165) is 16.6 Å². The van der Waals surface area contributed by atoms with Gasteiger partial charge in [-0.1, -0.05) is 78.9 Å². The van der Waals surface area contributed by atoms with Crippen molar-refractivity contribution in [1.82, 2.24) is 15.0 Å². The summed E-state index contributed by atoms with van der Waals surface area (Å²) in [6.45, 7) is 4.86. The van der Waals surface area contributed by atoms with Gasteiger partial charge in [-0.3, -0.25) is 9.59 Å². The van der Waals surface area contributed by atoms with E-state index in [-0.39, 0.29) is 56.6 Å². The number of carbonyl (C=O) groups is 2. The number of aromatic nitrogens is 3. The van der Waals surface area contributed by atoms with E-state index in [1.54, 1.807) is 12.1 Å². The molecule has 3 heterocycles. The Bertz CT molecular complexity index is 2470. The molecule has 72 heavy (non-hydrogen) atoms. The van der Waals surface area contributed by atoms with Crippen LogP contribution in [0, 0.1) is 6.92 Å². The van der Waals surface area contributed by atoms with Crippen molar-refractivity contribution in [3.05, 3.63) is 175 Å². The van der Waals surface area contributed by atoms with Gasteiger partial charge in [0.05, 0.1) is 22.1 Å². The summed E-state index contributed by atoms with van der Waals surface area (Å²) in [5.74, 6) is 1.86. The Morgan fingerprint density at radius 1 is 0.500 bits per heavy atom. The Kier molecular flexibility index (Phi) is 34.7. The number of nitrogens with zero attached hydrogens (tertiary/aromatic N) is 3. The normalized spacial score (nSPS) is 10.4. The molecule has 0 saturated heterocycles. The summed E-state index contributed by atoms with van der Waals surface area (Å²) in [7, 11) is -13.7. The molecule has 0 spiro atoms. The first-order valence-electron chi connectivity index (χ1n) is 20.6. The van der Waals surface area contributed by atoms with Gasteiger partial charge in [0.2, 0.25) is 11.8 Å². The third-order valence-corrected chi connectivity index (χ3v) is 15.5. The number of halogens is 12. The number of fused-ring (bicyclic) bond motifs is 1. The van der Waals surface area contributed by atoms with Gasteiger partial charge in [0.15, 0.2) is 11.6 Å². The molecule has 7 rings (SSSR count). The van der Waals surface area contributed by atoms with Gasteiger partial charge in [-0.05, 0) is 104 Å². The van der Waals surface area contributed by atoms with Crippen LogP contribution in [0.15, 0.2) is 158 Å². The van der Waals surface area contributed by atoms with Gasteiger partial charge in [-0.15, -0.1) is 46.4 Å². The van der Waals surface area contributed by atoms with Crippen molar-refractivity contribution in [2.75, 3.05) is 27.2 Å². The zero-order valence-electron chi connectivity index (χ0n) is 38.2. The molecule has 0 saturated carbocycles. The third kappa shape index (κ3) is 30.2. The van der Waals surface area contributed by atoms with E-state index in [4.69, 9.17) is 46.4 Å². The predicted octanol–water partition coefficient (Wildman–Crippen LogP) is 13.5. The van der Waals surface area contributed by atoms with E-state index in [9.17, 15) is 44.1 Å². The second-order valence-electron chi connectivity index (χ2n) is 13.9. The fourth-order valence-corrected chi connectivity index (χ4v) is 13.8. The fraction of sp³-hybridized carbons (Fsp3) is 0.128. The number of carbonyl (C=O) groups excluding carboxylic acids is 2. The van der Waals surface area contributed by atoms with Crippen LogP contribution >= 0.6 is 62.2 Å². The molecular weight excluding hydrogens is 1170 g/mol. The molecule has 2 amide bonds. The molecule has 3 aromatic heterocycles. The predicted molar refractivity (Wildman–Crippen MR) is 285 cm³/mol. The summed E-state index contributed by atoms with van der Waals surface area (Å²) in [4.78, 5) is 35.7. The summed E-state index contributed by atoms with van der Waals surface area (Å²) in [5, 5.41) is 12.6. The van der Waals surface area contributed by atoms with E-state index in [1.807, 2.05) is 43.3 Å². The summed E-state index contributed by atoms with van der Waals surface area (Å²) >= 11 is 19.1. The van der Waals surface area contributed by atoms with E-state index in [1.165, 1.54) is 41.0 Å². The minimum absolute atomic E-state index is 0. The molecule has 0 fully saturated rings. The van der Waals surface area contributed by atoms with Crippen LogP contribution in [-0.2, 0) is 43.7 Å². The molecule has 0 aliphatic carbocycles. The molecule has 7 aromatic rings. The number of hydrogen-bond acceptors (Lipinski definition) is 5. The number of alkyl halides is 4. The van der Waals surface area contributed by atoms with Crippen molar-refractivity contribution in [3.8, 4) is 0 Å². The molecule has 392 valence electrons. The Hall–Kier alpha value is -4.10. The van der Waals surface area contributed by atoms with Gasteiger partial charge >= 0.3 is 48.6 Å². The number of pyridine rings is 3. The minimum atomic E-state index is -6.00. The number of hydrogen-bond donors (Lipinski definition) is 2. The van der Waals surface area contributed by atoms with Crippen molar-refractivity contribution in [3.63, 3.8) is 0 Å². The molecule has 25 heteroatoms. The quantitative estimate of drug-likeness (QED) is 0.0615. The number of rotatable bonds is 10. The minimum Gasteiger partial charge on any atom is -0.418 e. The average Bonchev–Trinajstić information content (AvgIpc) is 3.29. The fourth-order valence-electron chi connectivity index (χ4n) is 6.07. The number of aryl methyl sites for hydroxylation is 1. The summed E-state index contributed by atoms with van der Waals surface area (Å²) in [6.07, 6.45) is 3.65. The molecular formula is C47H47B2Cl4Cu2F8N5O2P2+2. The molecule has 0 unspecified atom stereocenters. The van der Waals surface area contributed by atoms with Gasteiger partial charge in [-0.2, -0.15) is 0 Å². The van der Waals surface area contributed by atoms with Gasteiger partial charge < -0.3 is 45.2 Å². The first-order chi connectivity index (χ1) is 33.1. The third-order valence-electron chi connectivity index (χ3n) is 8.55. The van der Waals surface area contributed by atoms with Gasteiger partial charge in [0.1, 0.15) is 48.7 Å². The Morgan fingerprint density at radius 3 is 1.18 bits per heavy atom. The molecule has 0 aliphatic rings. The molecule has 7 nitrogen and oxygen atoms in total. The van der Waals surface area contributed by atoms with Crippen molar-refractivity contribution in [2.45, 2.75) is 20.8 Å². The van der Waals surface area contributed by atoms with Crippen LogP contribution in [0.5, 0.6) is 0 Å². The Morgan fingerprint density at radius 2 is 0.833 bits per heavy atom. The second-order valence-corrected chi connectivity index (χ2v) is 21.1. The van der Waals surface area contributed by atoms with Crippen LogP contribution < -0.4 is 31.9 Å². The van der Waals surface area contributed by atoms with Crippen LogP contribution in [0.3, 0.4) is 0 Å². The van der Waals surface area contributed by atoms with Crippen LogP contribution in [0.4, 0.5) is 46.2 Å². The van der Waals surface area contributed by atoms with E-state index < -0.39 is 30.4 Å². The first-order valence-corrected chi connectivity index (χ1v) is 26.1. The number of amides is 2. The molecule has 0 radical (unpaired) electrons. The molecule has 2 N–H and O–H groups in total. The number of anilines is 2. The topological polar surface area (TPSA) is 96.9 Å². The maximum Gasteiger partial charge on any atom is 1.00 e. The zero-order valence-corrected chi connectivity index (χ0v) is 45.1. The molecule has 0 atom stereocenters. The van der Waals surface area contributed by atoms with Crippen LogP contribution in [0.2, 0.25) is 0 Å². The largest absolute Gasteiger partial charge is 1.00 e. The standard InChI is InChI=1S/C25H22P2.C20H19N5O2.2CH2Cl2.2BF4.2Cu/c1-5-13-22(14-6-1)26(23-15-7-2-8-16-23)21-27(24-17-9-3-10-18-24)25-19-11-4-12-20-25;1-12-11-16(8-7-15-5-4-6-18(23-15)21-13(2)26)24-20-17(12)9-10-19(25-20)22-14(3)27;2*2-1-3;2*2-1(3,4)5;;/h1-20H,21H2;4-11H,1-3H3,(H,21,23,26)(H,22,24,25,27);2*1H2;;;;/q;;;;2*-1;2*+1/p+2/b;8-7+;;;;;;. The number of nitrogens with one attached hydrogen (secondary N) is 2. The first kappa shape index (κ1) is 67.9. The Labute approximate surface area is 457 Å². The van der Waals surface area contributed by atoms with Gasteiger partial charge in [0.25, 0.3) is 0 Å². The van der Waals surface area contributed by atoms with Crippen molar-refractivity contribution < 1.29 is 78.3 Å². The van der Waals surface area contributed by atoms with Crippen LogP contribution in [-0.4, -0.2) is 57.9 Å². The SMILES string of the molecule is CC(=O)Nc1cccc(/C=C/c2cc(C)c3ccc(NC(C)=O)nc3n2)n1.ClCCl.ClCCl.F[B-](F)(F)F.F[B-](F)(F)F.[Cu+].[Cu+].c1ccc([PH+](C[PH+](c2ccccc2)c2ccccc2)c2ccccc2)cc1. The average molecular weight is 1220 g/mol. The van der Waals surface area contributed by atoms with Crippen molar-refractivity contribution >= 4 is 145 Å². The molecule has 0 bridgehead atoms. The van der Waals surface area contributed by atoms with Crippen LogP contribution in [0.25, 0.3) is 23.2 Å². The summed E-state index contributed by atoms with van der Waals surface area (Å²) in [6, 6.07) is 55.4. The summed E-state index contributed by atoms with van der Waals surface area (Å²) < 4.78 is 78.0. The van der Waals surface area contributed by atoms with Gasteiger partial charge in [-0.25, -0.2) is 15.0 Å². The maximum atomic E-state index is 11.2. The summed E-state index contributed by atoms with van der Waals surface area (Å²) in [5.41, 5.74) is 3.00. The molecule has 4 aromatic carbocycles. The monoisotopic (exact) mass is 1220 g/mol. The van der Waals surface area contributed by atoms with Crippen molar-refractivity contribution in [2.24, 2.45) is 0 Å². The molecule has 0 aliphatic heterocycles. The zero-order chi connectivity index (χ0) is 52.1. The second kappa shape index (κ2) is 36.8. The Balaban J connectivity index is 0.00000106. The van der Waals surface area contributed by atoms with E-state index in [0.29, 0.717) is 23.0 Å². The van der Waals surface area contributed by atoms with Crippen LogP contribution in [0.1, 0.15) is 30.8 Å². The van der Waals surface area contributed by atoms with Crippen molar-refractivity contribution in [1.29, 1.82) is 0 Å². The maximum absolute atomic E-state index is 11.2. The smallest absolute Gasteiger partial charge is 0.418 e. The van der Waals surface area contributed by atoms with Gasteiger partial charge in [0, 0.05) is 19.2 Å². The van der Waals surface area contributed by atoms with E-state index in [2.05, 4.69) is 147 Å². The number of benzene rings is 4. The van der Waals surface area contributed by atoms with E-state index >= 15 is 0 Å².